The Kier molecular flexibility index (Phi) is 16.1. The maximum absolute atomic E-state index is 3.59. The van der Waals surface area contributed by atoms with Crippen LogP contribution in [-0.4, -0.2) is 39.3 Å². The van der Waals surface area contributed by atoms with Gasteiger partial charge in [-0.1, -0.05) is 62.1 Å². The molecule has 0 saturated carbocycles. The summed E-state index contributed by atoms with van der Waals surface area (Å²) >= 11 is 0. The molecule has 0 unspecified atom stereocenters. The molecule has 0 aromatic heterocycles. The Balaban J connectivity index is 1.21. The summed E-state index contributed by atoms with van der Waals surface area (Å²) in [5, 5.41) is 14.1. The molecule has 2 rings (SSSR count). The maximum atomic E-state index is 3.59. The summed E-state index contributed by atoms with van der Waals surface area (Å²) in [6.45, 7) is 6.76. The normalized spacial score (nSPS) is 10.9. The number of anilines is 2. The van der Waals surface area contributed by atoms with Gasteiger partial charge in [0.15, 0.2) is 0 Å². The van der Waals surface area contributed by atoms with Gasteiger partial charge in [-0.3, -0.25) is 0 Å². The van der Waals surface area contributed by atoms with E-state index in [2.05, 4.69) is 81.9 Å². The van der Waals surface area contributed by atoms with Crippen LogP contribution in [0.4, 0.5) is 11.4 Å². The molecule has 0 radical (unpaired) electrons. The van der Waals surface area contributed by atoms with E-state index in [1.165, 1.54) is 88.7 Å². The van der Waals surface area contributed by atoms with Crippen LogP contribution in [0, 0.1) is 0 Å². The molecule has 0 heterocycles. The summed E-state index contributed by atoms with van der Waals surface area (Å²) < 4.78 is 0. The number of rotatable bonds is 21. The van der Waals surface area contributed by atoms with Gasteiger partial charge in [-0.05, 0) is 89.0 Å². The molecule has 178 valence electrons. The number of unbranched alkanes of at least 4 members (excludes halogenated alkanes) is 7. The third-order valence-electron chi connectivity index (χ3n) is 5.72. The van der Waals surface area contributed by atoms with Crippen LogP contribution < -0.4 is 21.3 Å². The molecule has 32 heavy (non-hydrogen) atoms. The highest BCUT2D eigenvalue weighted by Gasteiger charge is 1.95. The Labute approximate surface area is 197 Å². The Morgan fingerprint density at radius 1 is 0.344 bits per heavy atom. The fraction of sp³-hybridized carbons (Fsp3) is 0.571. The first-order valence-corrected chi connectivity index (χ1v) is 12.9. The number of benzene rings is 2. The molecular weight excluding hydrogens is 392 g/mol. The van der Waals surface area contributed by atoms with Crippen molar-refractivity contribution in [3.63, 3.8) is 0 Å². The molecular formula is C28H46N4. The molecule has 0 saturated heterocycles. The largest absolute Gasteiger partial charge is 0.385 e. The summed E-state index contributed by atoms with van der Waals surface area (Å²) in [6.07, 6.45) is 13.1. The average Bonchev–Trinajstić information content (AvgIpc) is 2.84. The van der Waals surface area contributed by atoms with Crippen LogP contribution in [-0.2, 0) is 0 Å². The third kappa shape index (κ3) is 14.9. The van der Waals surface area contributed by atoms with Gasteiger partial charge in [0.1, 0.15) is 0 Å². The number of nitrogens with one attached hydrogen (secondary N) is 4. The predicted molar refractivity (Wildman–Crippen MR) is 142 cm³/mol. The van der Waals surface area contributed by atoms with Crippen molar-refractivity contribution in [1.29, 1.82) is 0 Å². The molecule has 4 nitrogen and oxygen atoms in total. The van der Waals surface area contributed by atoms with Gasteiger partial charge in [0.25, 0.3) is 0 Å². The molecule has 0 spiro atoms. The molecule has 0 aliphatic rings. The quantitative estimate of drug-likeness (QED) is 0.173. The first kappa shape index (κ1) is 26.2. The summed E-state index contributed by atoms with van der Waals surface area (Å²) in [7, 11) is 0. The zero-order valence-electron chi connectivity index (χ0n) is 20.1. The van der Waals surface area contributed by atoms with Crippen molar-refractivity contribution < 1.29 is 0 Å². The van der Waals surface area contributed by atoms with Crippen LogP contribution in [0.25, 0.3) is 0 Å². The molecule has 2 aromatic rings. The van der Waals surface area contributed by atoms with E-state index in [4.69, 9.17) is 0 Å². The van der Waals surface area contributed by atoms with Crippen LogP contribution in [0.3, 0.4) is 0 Å². The molecule has 0 bridgehead atoms. The van der Waals surface area contributed by atoms with E-state index >= 15 is 0 Å². The molecule has 0 aliphatic carbocycles. The van der Waals surface area contributed by atoms with Crippen molar-refractivity contribution >= 4 is 11.4 Å². The first-order valence-electron chi connectivity index (χ1n) is 12.9. The van der Waals surface area contributed by atoms with Crippen LogP contribution in [0.5, 0.6) is 0 Å². The highest BCUT2D eigenvalue weighted by atomic mass is 14.9. The summed E-state index contributed by atoms with van der Waals surface area (Å²) in [5.74, 6) is 0. The Morgan fingerprint density at radius 2 is 0.656 bits per heavy atom. The first-order chi connectivity index (χ1) is 15.9. The predicted octanol–water partition coefficient (Wildman–Crippen LogP) is 6.29. The third-order valence-corrected chi connectivity index (χ3v) is 5.72. The second-order valence-electron chi connectivity index (χ2n) is 8.62. The van der Waals surface area contributed by atoms with Crippen molar-refractivity contribution in [1.82, 2.24) is 10.6 Å². The van der Waals surface area contributed by atoms with Crippen molar-refractivity contribution in [3.05, 3.63) is 60.7 Å². The van der Waals surface area contributed by atoms with Crippen molar-refractivity contribution in [2.24, 2.45) is 0 Å². The molecule has 2 aromatic carbocycles. The van der Waals surface area contributed by atoms with Crippen molar-refractivity contribution in [2.75, 3.05) is 49.9 Å². The van der Waals surface area contributed by atoms with E-state index in [0.29, 0.717) is 0 Å². The fourth-order valence-electron chi connectivity index (χ4n) is 3.78. The van der Waals surface area contributed by atoms with Crippen LogP contribution >= 0.6 is 0 Å². The topological polar surface area (TPSA) is 48.1 Å². The van der Waals surface area contributed by atoms with Gasteiger partial charge in [0, 0.05) is 24.5 Å². The SMILES string of the molecule is c1ccc(NCCCCNCCCCCCCCNCCCCNc2ccccc2)cc1. The molecule has 4 heteroatoms. The van der Waals surface area contributed by atoms with Gasteiger partial charge in [0.2, 0.25) is 0 Å². The minimum absolute atomic E-state index is 1.06. The highest BCUT2D eigenvalue weighted by molar-refractivity contribution is 5.42. The standard InChI is InChI=1S/C28H46N4/c1(3-11-21-29-23-13-15-25-31-27-17-7-5-8-18-27)2-4-12-22-30-24-14-16-26-32-28-19-9-6-10-20-28/h5-10,17-20,29-32H,1-4,11-16,21-26H2. The van der Waals surface area contributed by atoms with E-state index in [-0.39, 0.29) is 0 Å². The van der Waals surface area contributed by atoms with Gasteiger partial charge < -0.3 is 21.3 Å². The van der Waals surface area contributed by atoms with Gasteiger partial charge in [-0.25, -0.2) is 0 Å². The summed E-state index contributed by atoms with van der Waals surface area (Å²) in [4.78, 5) is 0. The monoisotopic (exact) mass is 438 g/mol. The van der Waals surface area contributed by atoms with E-state index in [1.807, 2.05) is 0 Å². The van der Waals surface area contributed by atoms with E-state index in [0.717, 1.165) is 26.2 Å². The zero-order chi connectivity index (χ0) is 22.4. The fourth-order valence-corrected chi connectivity index (χ4v) is 3.78. The number of hydrogen-bond donors (Lipinski definition) is 4. The van der Waals surface area contributed by atoms with E-state index < -0.39 is 0 Å². The van der Waals surface area contributed by atoms with Gasteiger partial charge in [-0.15, -0.1) is 0 Å². The second-order valence-corrected chi connectivity index (χ2v) is 8.62. The average molecular weight is 439 g/mol. The lowest BCUT2D eigenvalue weighted by Crippen LogP contribution is -2.17. The van der Waals surface area contributed by atoms with Crippen molar-refractivity contribution in [3.8, 4) is 0 Å². The summed E-state index contributed by atoms with van der Waals surface area (Å²) in [5.41, 5.74) is 2.45. The lowest BCUT2D eigenvalue weighted by Gasteiger charge is -2.08. The number of hydrogen-bond acceptors (Lipinski definition) is 4. The van der Waals surface area contributed by atoms with E-state index in [1.54, 1.807) is 0 Å². The number of para-hydroxylation sites is 2. The maximum Gasteiger partial charge on any atom is 0.0340 e. The lowest BCUT2D eigenvalue weighted by atomic mass is 10.1. The van der Waals surface area contributed by atoms with Crippen molar-refractivity contribution in [2.45, 2.75) is 64.2 Å². The Morgan fingerprint density at radius 3 is 1.06 bits per heavy atom. The van der Waals surface area contributed by atoms with E-state index in [9.17, 15) is 0 Å². The van der Waals surface area contributed by atoms with Crippen LogP contribution in [0.15, 0.2) is 60.7 Å². The minimum Gasteiger partial charge on any atom is -0.385 e. The van der Waals surface area contributed by atoms with Gasteiger partial charge >= 0.3 is 0 Å². The van der Waals surface area contributed by atoms with Gasteiger partial charge in [-0.2, -0.15) is 0 Å². The van der Waals surface area contributed by atoms with Crippen LogP contribution in [0.2, 0.25) is 0 Å². The smallest absolute Gasteiger partial charge is 0.0340 e. The zero-order valence-corrected chi connectivity index (χ0v) is 20.1. The molecule has 0 amide bonds. The molecule has 0 fully saturated rings. The Hall–Kier alpha value is -2.04. The van der Waals surface area contributed by atoms with Crippen LogP contribution in [0.1, 0.15) is 64.2 Å². The second kappa shape index (κ2) is 19.6. The van der Waals surface area contributed by atoms with Gasteiger partial charge in [0.05, 0.1) is 0 Å². The minimum atomic E-state index is 1.06. The highest BCUT2D eigenvalue weighted by Crippen LogP contribution is 2.06. The Bertz CT molecular complexity index is 575. The summed E-state index contributed by atoms with van der Waals surface area (Å²) in [6, 6.07) is 20.9. The molecule has 0 atom stereocenters. The molecule has 0 aliphatic heterocycles. The lowest BCUT2D eigenvalue weighted by molar-refractivity contribution is 0.540. The molecule has 4 N–H and O–H groups in total.